The topological polar surface area (TPSA) is 73.6 Å². The monoisotopic (exact) mass is 366 g/mol. The molecule has 0 aliphatic carbocycles. The first kappa shape index (κ1) is 16.9. The van der Waals surface area contributed by atoms with Crippen LogP contribution in [-0.2, 0) is 0 Å². The number of hydrogen-bond donors (Lipinski definition) is 1. The van der Waals surface area contributed by atoms with E-state index in [1.165, 1.54) is 42.9 Å². The number of nitrogens with one attached hydrogen (secondary N) is 1. The standard InChI is InChI=1S/C16H12F2N2O4S/c1-22-13-7-9(4-5-12(13)24-15(17)18)14(21)20-16-19-10(8-25-16)11-3-2-6-23-11/h2-8,15H,1H3,(H,19,20,21). The van der Waals surface area contributed by atoms with Gasteiger partial charge in [-0.05, 0) is 30.3 Å². The minimum atomic E-state index is -2.98. The molecule has 3 aromatic rings. The fraction of sp³-hybridized carbons (Fsp3) is 0.125. The molecule has 3 rings (SSSR count). The van der Waals surface area contributed by atoms with Crippen LogP contribution in [0.2, 0.25) is 0 Å². The number of ether oxygens (including phenoxy) is 2. The number of thiazole rings is 1. The molecule has 0 saturated carbocycles. The van der Waals surface area contributed by atoms with Crippen LogP contribution in [0.5, 0.6) is 11.5 Å². The van der Waals surface area contributed by atoms with Crippen LogP contribution in [0.25, 0.3) is 11.5 Å². The first-order valence-corrected chi connectivity index (χ1v) is 7.88. The SMILES string of the molecule is COc1cc(C(=O)Nc2nc(-c3ccco3)cs2)ccc1OC(F)F. The maximum absolute atomic E-state index is 12.3. The Morgan fingerprint density at radius 1 is 1.32 bits per heavy atom. The molecule has 6 nitrogen and oxygen atoms in total. The summed E-state index contributed by atoms with van der Waals surface area (Å²) in [5, 5.41) is 4.76. The molecule has 130 valence electrons. The number of methoxy groups -OCH3 is 1. The van der Waals surface area contributed by atoms with Crippen molar-refractivity contribution in [3.8, 4) is 23.0 Å². The van der Waals surface area contributed by atoms with Gasteiger partial charge in [-0.25, -0.2) is 4.98 Å². The lowest BCUT2D eigenvalue weighted by atomic mass is 10.2. The lowest BCUT2D eigenvalue weighted by Gasteiger charge is -2.11. The van der Waals surface area contributed by atoms with Crippen molar-refractivity contribution >= 4 is 22.4 Å². The number of aromatic nitrogens is 1. The molecule has 0 radical (unpaired) electrons. The Balaban J connectivity index is 1.75. The number of carbonyl (C=O) groups is 1. The first-order valence-electron chi connectivity index (χ1n) is 7.00. The molecule has 0 atom stereocenters. The van der Waals surface area contributed by atoms with E-state index in [-0.39, 0.29) is 17.1 Å². The number of anilines is 1. The number of rotatable bonds is 6. The summed E-state index contributed by atoms with van der Waals surface area (Å²) in [4.78, 5) is 16.6. The van der Waals surface area contributed by atoms with E-state index in [9.17, 15) is 13.6 Å². The molecule has 0 aliphatic rings. The Morgan fingerprint density at radius 2 is 2.16 bits per heavy atom. The highest BCUT2D eigenvalue weighted by Gasteiger charge is 2.15. The van der Waals surface area contributed by atoms with Crippen molar-refractivity contribution in [3.05, 3.63) is 47.5 Å². The molecule has 1 aromatic carbocycles. The number of benzene rings is 1. The third kappa shape index (κ3) is 3.94. The number of alkyl halides is 2. The number of halogens is 2. The maximum atomic E-state index is 12.3. The molecule has 0 saturated heterocycles. The number of carbonyl (C=O) groups excluding carboxylic acids is 1. The third-order valence-electron chi connectivity index (χ3n) is 3.14. The van der Waals surface area contributed by atoms with Crippen LogP contribution in [0.1, 0.15) is 10.4 Å². The van der Waals surface area contributed by atoms with Gasteiger partial charge in [0.15, 0.2) is 22.4 Å². The van der Waals surface area contributed by atoms with E-state index in [4.69, 9.17) is 9.15 Å². The summed E-state index contributed by atoms with van der Waals surface area (Å²) in [7, 11) is 1.30. The summed E-state index contributed by atoms with van der Waals surface area (Å²) in [6, 6.07) is 7.41. The number of furan rings is 1. The Bertz CT molecular complexity index is 865. The van der Waals surface area contributed by atoms with Gasteiger partial charge in [-0.2, -0.15) is 8.78 Å². The van der Waals surface area contributed by atoms with Gasteiger partial charge in [0, 0.05) is 10.9 Å². The van der Waals surface area contributed by atoms with Crippen LogP contribution in [0, 0.1) is 0 Å². The zero-order valence-electron chi connectivity index (χ0n) is 12.9. The van der Waals surface area contributed by atoms with Gasteiger partial charge in [-0.3, -0.25) is 10.1 Å². The Labute approximate surface area is 145 Å². The van der Waals surface area contributed by atoms with Gasteiger partial charge in [0.25, 0.3) is 5.91 Å². The van der Waals surface area contributed by atoms with Crippen LogP contribution in [0.15, 0.2) is 46.4 Å². The van der Waals surface area contributed by atoms with Gasteiger partial charge in [-0.15, -0.1) is 11.3 Å². The van der Waals surface area contributed by atoms with Gasteiger partial charge in [0.05, 0.1) is 13.4 Å². The van der Waals surface area contributed by atoms with Crippen LogP contribution in [0.4, 0.5) is 13.9 Å². The van der Waals surface area contributed by atoms with E-state index >= 15 is 0 Å². The van der Waals surface area contributed by atoms with Crippen molar-refractivity contribution in [1.29, 1.82) is 0 Å². The highest BCUT2D eigenvalue weighted by Crippen LogP contribution is 2.30. The lowest BCUT2D eigenvalue weighted by Crippen LogP contribution is -2.12. The second-order valence-electron chi connectivity index (χ2n) is 4.71. The zero-order valence-corrected chi connectivity index (χ0v) is 13.7. The molecule has 1 N–H and O–H groups in total. The number of amides is 1. The highest BCUT2D eigenvalue weighted by atomic mass is 32.1. The molecule has 2 heterocycles. The van der Waals surface area contributed by atoms with Crippen molar-refractivity contribution in [3.63, 3.8) is 0 Å². The first-order chi connectivity index (χ1) is 12.1. The molecule has 9 heteroatoms. The molecule has 0 bridgehead atoms. The average Bonchev–Trinajstić information content (AvgIpc) is 3.25. The van der Waals surface area contributed by atoms with Crippen molar-refractivity contribution < 1.29 is 27.5 Å². The molecule has 0 fully saturated rings. The largest absolute Gasteiger partial charge is 0.493 e. The van der Waals surface area contributed by atoms with Gasteiger partial charge >= 0.3 is 6.61 Å². The molecule has 2 aromatic heterocycles. The number of hydrogen-bond acceptors (Lipinski definition) is 6. The summed E-state index contributed by atoms with van der Waals surface area (Å²) >= 11 is 1.23. The van der Waals surface area contributed by atoms with Gasteiger partial charge in [0.1, 0.15) is 5.69 Å². The predicted octanol–water partition coefficient (Wildman–Crippen LogP) is 4.27. The summed E-state index contributed by atoms with van der Waals surface area (Å²) in [5.41, 5.74) is 0.816. The highest BCUT2D eigenvalue weighted by molar-refractivity contribution is 7.14. The zero-order chi connectivity index (χ0) is 17.8. The van der Waals surface area contributed by atoms with Crippen molar-refractivity contribution in [2.24, 2.45) is 0 Å². The summed E-state index contributed by atoms with van der Waals surface area (Å²) in [6.45, 7) is -2.98. The molecule has 0 spiro atoms. The van der Waals surface area contributed by atoms with Gasteiger partial charge < -0.3 is 13.9 Å². The van der Waals surface area contributed by atoms with Crippen LogP contribution < -0.4 is 14.8 Å². The Hall–Kier alpha value is -2.94. The number of nitrogens with zero attached hydrogens (tertiary/aromatic N) is 1. The van der Waals surface area contributed by atoms with Crippen molar-refractivity contribution in [1.82, 2.24) is 4.98 Å². The second kappa shape index (κ2) is 7.31. The van der Waals surface area contributed by atoms with Gasteiger partial charge in [0.2, 0.25) is 0 Å². The Kier molecular flexibility index (Phi) is 4.94. The smallest absolute Gasteiger partial charge is 0.387 e. The quantitative estimate of drug-likeness (QED) is 0.705. The summed E-state index contributed by atoms with van der Waals surface area (Å²) in [6.07, 6.45) is 1.53. The molecule has 0 unspecified atom stereocenters. The minimum absolute atomic E-state index is 0.0309. The van der Waals surface area contributed by atoms with Crippen molar-refractivity contribution in [2.75, 3.05) is 12.4 Å². The van der Waals surface area contributed by atoms with E-state index in [1.807, 2.05) is 0 Å². The van der Waals surface area contributed by atoms with Crippen molar-refractivity contribution in [2.45, 2.75) is 6.61 Å². The van der Waals surface area contributed by atoms with E-state index in [0.717, 1.165) is 0 Å². The summed E-state index contributed by atoms with van der Waals surface area (Å²) in [5.74, 6) is 0.0147. The third-order valence-corrected chi connectivity index (χ3v) is 3.90. The Morgan fingerprint density at radius 3 is 2.84 bits per heavy atom. The lowest BCUT2D eigenvalue weighted by molar-refractivity contribution is -0.0512. The molecular weight excluding hydrogens is 354 g/mol. The molecule has 25 heavy (non-hydrogen) atoms. The van der Waals surface area contributed by atoms with Crippen LogP contribution in [0.3, 0.4) is 0 Å². The normalized spacial score (nSPS) is 10.7. The predicted molar refractivity (Wildman–Crippen MR) is 87.4 cm³/mol. The fourth-order valence-electron chi connectivity index (χ4n) is 2.04. The van der Waals surface area contributed by atoms with E-state index in [1.54, 1.807) is 17.5 Å². The second-order valence-corrected chi connectivity index (χ2v) is 5.57. The van der Waals surface area contributed by atoms with E-state index in [0.29, 0.717) is 16.6 Å². The molecule has 0 aliphatic heterocycles. The fourth-order valence-corrected chi connectivity index (χ4v) is 2.73. The van der Waals surface area contributed by atoms with Crippen LogP contribution in [-0.4, -0.2) is 24.6 Å². The van der Waals surface area contributed by atoms with E-state index < -0.39 is 12.5 Å². The molecule has 1 amide bonds. The van der Waals surface area contributed by atoms with Crippen LogP contribution >= 0.6 is 11.3 Å². The average molecular weight is 366 g/mol. The minimum Gasteiger partial charge on any atom is -0.493 e. The molecular formula is C16H12F2N2O4S. The summed E-state index contributed by atoms with van der Waals surface area (Å²) < 4.78 is 39.2. The van der Waals surface area contributed by atoms with Gasteiger partial charge in [-0.1, -0.05) is 0 Å². The van der Waals surface area contributed by atoms with E-state index in [2.05, 4.69) is 15.0 Å². The maximum Gasteiger partial charge on any atom is 0.387 e.